The highest BCUT2D eigenvalue weighted by Gasteiger charge is 2.34. The molecule has 1 aliphatic rings. The van der Waals surface area contributed by atoms with Gasteiger partial charge in [-0.25, -0.2) is 9.37 Å². The summed E-state index contributed by atoms with van der Waals surface area (Å²) >= 11 is 0. The summed E-state index contributed by atoms with van der Waals surface area (Å²) in [5.74, 6) is 1.83. The molecular formula is C23H28FN3O. The van der Waals surface area contributed by atoms with Crippen molar-refractivity contribution in [1.82, 2.24) is 9.55 Å². The summed E-state index contributed by atoms with van der Waals surface area (Å²) in [7, 11) is 1.65. The highest BCUT2D eigenvalue weighted by Crippen LogP contribution is 2.46. The van der Waals surface area contributed by atoms with Gasteiger partial charge in [-0.05, 0) is 67.0 Å². The van der Waals surface area contributed by atoms with Crippen LogP contribution in [0.1, 0.15) is 46.1 Å². The van der Waals surface area contributed by atoms with Crippen molar-refractivity contribution >= 4 is 22.7 Å². The Morgan fingerprint density at radius 3 is 2.57 bits per heavy atom. The van der Waals surface area contributed by atoms with E-state index in [2.05, 4.69) is 35.6 Å². The highest BCUT2D eigenvalue weighted by atomic mass is 19.1. The van der Waals surface area contributed by atoms with Crippen LogP contribution in [0.3, 0.4) is 0 Å². The minimum absolute atomic E-state index is 0.254. The Labute approximate surface area is 165 Å². The average molecular weight is 381 g/mol. The average Bonchev–Trinajstić information content (AvgIpc) is 3.00. The maximum atomic E-state index is 14.5. The molecule has 2 atom stereocenters. The van der Waals surface area contributed by atoms with Gasteiger partial charge < -0.3 is 14.6 Å². The number of nitrogens with one attached hydrogen (secondary N) is 1. The van der Waals surface area contributed by atoms with Crippen LogP contribution in [0.2, 0.25) is 0 Å². The zero-order valence-corrected chi connectivity index (χ0v) is 17.0. The number of hydrogen-bond donors (Lipinski definition) is 1. The van der Waals surface area contributed by atoms with Gasteiger partial charge in [-0.1, -0.05) is 26.8 Å². The molecule has 28 heavy (non-hydrogen) atoms. The molecule has 1 saturated carbocycles. The predicted molar refractivity (Wildman–Crippen MR) is 112 cm³/mol. The first-order chi connectivity index (χ1) is 13.4. The third kappa shape index (κ3) is 3.58. The van der Waals surface area contributed by atoms with Gasteiger partial charge in [0.25, 0.3) is 0 Å². The number of methoxy groups -OCH3 is 1. The maximum absolute atomic E-state index is 14.5. The summed E-state index contributed by atoms with van der Waals surface area (Å²) in [6.45, 7) is 6.96. The lowest BCUT2D eigenvalue weighted by molar-refractivity contribution is 0.140. The summed E-state index contributed by atoms with van der Waals surface area (Å²) < 4.78 is 21.9. The Kier molecular flexibility index (Phi) is 4.77. The number of anilines is 2. The van der Waals surface area contributed by atoms with E-state index in [0.717, 1.165) is 29.8 Å². The molecule has 4 nitrogen and oxygen atoms in total. The van der Waals surface area contributed by atoms with Crippen LogP contribution in [0.4, 0.5) is 16.0 Å². The van der Waals surface area contributed by atoms with Crippen LogP contribution in [-0.2, 0) is 0 Å². The predicted octanol–water partition coefficient (Wildman–Crippen LogP) is 6.31. The number of para-hydroxylation sites is 1. The molecule has 0 spiro atoms. The minimum Gasteiger partial charge on any atom is -0.497 e. The third-order valence-corrected chi connectivity index (χ3v) is 5.75. The van der Waals surface area contributed by atoms with Crippen LogP contribution in [0.5, 0.6) is 5.75 Å². The molecule has 0 bridgehead atoms. The molecule has 5 heteroatoms. The fraction of sp³-hybridized carbons (Fsp3) is 0.435. The van der Waals surface area contributed by atoms with Gasteiger partial charge in [0.2, 0.25) is 5.95 Å². The van der Waals surface area contributed by atoms with Gasteiger partial charge in [-0.15, -0.1) is 0 Å². The van der Waals surface area contributed by atoms with E-state index in [9.17, 15) is 4.39 Å². The van der Waals surface area contributed by atoms with Gasteiger partial charge in [-0.2, -0.15) is 0 Å². The van der Waals surface area contributed by atoms with Crippen molar-refractivity contribution in [3.05, 3.63) is 48.3 Å². The van der Waals surface area contributed by atoms with Gasteiger partial charge in [0, 0.05) is 11.7 Å². The molecule has 1 fully saturated rings. The molecule has 0 radical (unpaired) electrons. The molecule has 0 unspecified atom stereocenters. The molecule has 2 aromatic carbocycles. The quantitative estimate of drug-likeness (QED) is 0.575. The van der Waals surface area contributed by atoms with Crippen molar-refractivity contribution in [2.45, 2.75) is 46.1 Å². The smallest absolute Gasteiger partial charge is 0.208 e. The molecule has 0 amide bonds. The van der Waals surface area contributed by atoms with E-state index in [1.807, 2.05) is 30.3 Å². The number of halogens is 1. The number of benzene rings is 2. The molecule has 4 rings (SSSR count). The zero-order valence-electron chi connectivity index (χ0n) is 17.0. The molecule has 0 aliphatic heterocycles. The fourth-order valence-corrected chi connectivity index (χ4v) is 4.84. The SMILES string of the molecule is COc1ccc(Nc2nc3c(F)cccc3n2[C@@H]2C[C@H](C)CC(C)(C)C2)cc1. The summed E-state index contributed by atoms with van der Waals surface area (Å²) in [5.41, 5.74) is 2.44. The van der Waals surface area contributed by atoms with Crippen LogP contribution in [0.15, 0.2) is 42.5 Å². The summed E-state index contributed by atoms with van der Waals surface area (Å²) in [4.78, 5) is 4.64. The molecule has 0 saturated heterocycles. The Hall–Kier alpha value is -2.56. The lowest BCUT2D eigenvalue weighted by Crippen LogP contribution is -2.29. The van der Waals surface area contributed by atoms with Crippen molar-refractivity contribution in [1.29, 1.82) is 0 Å². The maximum Gasteiger partial charge on any atom is 0.208 e. The molecule has 3 aromatic rings. The Morgan fingerprint density at radius 2 is 1.89 bits per heavy atom. The Bertz CT molecular complexity index is 977. The van der Waals surface area contributed by atoms with Crippen LogP contribution in [-0.4, -0.2) is 16.7 Å². The van der Waals surface area contributed by atoms with Gasteiger partial charge in [0.05, 0.1) is 12.6 Å². The topological polar surface area (TPSA) is 39.1 Å². The van der Waals surface area contributed by atoms with Gasteiger partial charge >= 0.3 is 0 Å². The van der Waals surface area contributed by atoms with Crippen LogP contribution in [0, 0.1) is 17.2 Å². The van der Waals surface area contributed by atoms with Gasteiger partial charge in [-0.3, -0.25) is 0 Å². The second-order valence-corrected chi connectivity index (χ2v) is 8.83. The van der Waals surface area contributed by atoms with Crippen LogP contribution in [0.25, 0.3) is 11.0 Å². The van der Waals surface area contributed by atoms with Crippen molar-refractivity contribution in [2.24, 2.45) is 11.3 Å². The van der Waals surface area contributed by atoms with Crippen molar-refractivity contribution in [3.63, 3.8) is 0 Å². The first kappa shape index (κ1) is 18.8. The number of rotatable bonds is 4. The number of imidazole rings is 1. The molecule has 1 aromatic heterocycles. The molecule has 1 heterocycles. The molecular weight excluding hydrogens is 353 g/mol. The van der Waals surface area contributed by atoms with Crippen molar-refractivity contribution in [3.8, 4) is 5.75 Å². The fourth-order valence-electron chi connectivity index (χ4n) is 4.84. The first-order valence-electron chi connectivity index (χ1n) is 9.94. The van der Waals surface area contributed by atoms with Crippen LogP contribution < -0.4 is 10.1 Å². The zero-order chi connectivity index (χ0) is 19.9. The summed E-state index contributed by atoms with van der Waals surface area (Å²) in [5, 5.41) is 3.41. The van der Waals surface area contributed by atoms with E-state index in [0.29, 0.717) is 17.4 Å². The minimum atomic E-state index is -0.280. The Morgan fingerprint density at radius 1 is 1.14 bits per heavy atom. The summed E-state index contributed by atoms with van der Waals surface area (Å²) in [6, 6.07) is 13.2. The van der Waals surface area contributed by atoms with Crippen LogP contribution >= 0.6 is 0 Å². The van der Waals surface area contributed by atoms with Gasteiger partial charge in [0.15, 0.2) is 5.82 Å². The normalized spacial score (nSPS) is 21.6. The van der Waals surface area contributed by atoms with Crippen molar-refractivity contribution < 1.29 is 9.13 Å². The largest absolute Gasteiger partial charge is 0.497 e. The summed E-state index contributed by atoms with van der Waals surface area (Å²) in [6.07, 6.45) is 3.34. The lowest BCUT2D eigenvalue weighted by Gasteiger charge is -2.40. The number of fused-ring (bicyclic) bond motifs is 1. The molecule has 1 N–H and O–H groups in total. The third-order valence-electron chi connectivity index (χ3n) is 5.75. The first-order valence-corrected chi connectivity index (χ1v) is 9.94. The van der Waals surface area contributed by atoms with E-state index < -0.39 is 0 Å². The van der Waals surface area contributed by atoms with E-state index in [1.165, 1.54) is 12.5 Å². The van der Waals surface area contributed by atoms with E-state index in [4.69, 9.17) is 4.74 Å². The second-order valence-electron chi connectivity index (χ2n) is 8.83. The highest BCUT2D eigenvalue weighted by molar-refractivity contribution is 5.80. The second kappa shape index (κ2) is 7.12. The van der Waals surface area contributed by atoms with E-state index in [-0.39, 0.29) is 17.3 Å². The van der Waals surface area contributed by atoms with E-state index >= 15 is 0 Å². The Balaban J connectivity index is 1.79. The van der Waals surface area contributed by atoms with E-state index in [1.54, 1.807) is 13.2 Å². The monoisotopic (exact) mass is 381 g/mol. The standard InChI is InChI=1S/C23H28FN3O/c1-15-12-17(14-23(2,3)13-15)27-20-7-5-6-19(24)21(20)26-22(27)25-16-8-10-18(28-4)11-9-16/h5-11,15,17H,12-14H2,1-4H3,(H,25,26)/t15-,17+/m0/s1. The number of nitrogens with zero attached hydrogens (tertiary/aromatic N) is 2. The molecule has 148 valence electrons. The molecule has 1 aliphatic carbocycles. The number of aromatic nitrogens is 2. The lowest BCUT2D eigenvalue weighted by atomic mass is 9.70. The van der Waals surface area contributed by atoms with Crippen molar-refractivity contribution in [2.75, 3.05) is 12.4 Å². The number of hydrogen-bond acceptors (Lipinski definition) is 3. The van der Waals surface area contributed by atoms with Gasteiger partial charge in [0.1, 0.15) is 11.3 Å². The number of ether oxygens (including phenoxy) is 1.